The summed E-state index contributed by atoms with van der Waals surface area (Å²) >= 11 is 0. The molecule has 2 aliphatic rings. The largest absolute Gasteiger partial charge is 0.311 e. The normalized spacial score (nSPS) is 25.7. The summed E-state index contributed by atoms with van der Waals surface area (Å²) in [6, 6.07) is 8.79. The van der Waals surface area contributed by atoms with E-state index in [-0.39, 0.29) is 5.69 Å². The van der Waals surface area contributed by atoms with Crippen molar-refractivity contribution in [3.05, 3.63) is 58.2 Å². The Morgan fingerprint density at radius 3 is 2.65 bits per heavy atom. The van der Waals surface area contributed by atoms with Gasteiger partial charge in [0.25, 0.3) is 5.69 Å². The molecule has 0 saturated carbocycles. The SMILES string of the molecule is O=[N+]([O-])c1ccc(-c2cc([C@H]3C[C@@H]4CC[C@H]3N4)cnc2F)cc1. The molecule has 23 heavy (non-hydrogen) atoms. The van der Waals surface area contributed by atoms with Crippen LogP contribution in [0.15, 0.2) is 36.5 Å². The molecular weight excluding hydrogens is 297 g/mol. The van der Waals surface area contributed by atoms with Gasteiger partial charge in [-0.25, -0.2) is 4.98 Å². The van der Waals surface area contributed by atoms with Crippen LogP contribution in [0.5, 0.6) is 0 Å². The molecule has 0 aliphatic carbocycles. The molecule has 0 spiro atoms. The van der Waals surface area contributed by atoms with Crippen molar-refractivity contribution in [1.29, 1.82) is 0 Å². The van der Waals surface area contributed by atoms with Crippen molar-refractivity contribution in [3.8, 4) is 11.1 Å². The second kappa shape index (κ2) is 5.38. The molecule has 6 heteroatoms. The van der Waals surface area contributed by atoms with Gasteiger partial charge in [-0.15, -0.1) is 0 Å². The molecule has 2 fully saturated rings. The van der Waals surface area contributed by atoms with Crippen LogP contribution < -0.4 is 5.32 Å². The van der Waals surface area contributed by atoms with E-state index in [1.807, 2.05) is 6.07 Å². The van der Waals surface area contributed by atoms with E-state index in [0.29, 0.717) is 29.1 Å². The van der Waals surface area contributed by atoms with Crippen LogP contribution in [0.3, 0.4) is 0 Å². The number of benzene rings is 1. The summed E-state index contributed by atoms with van der Waals surface area (Å²) in [7, 11) is 0. The number of pyridine rings is 1. The highest BCUT2D eigenvalue weighted by Gasteiger charge is 2.40. The van der Waals surface area contributed by atoms with Crippen molar-refractivity contribution < 1.29 is 9.31 Å². The van der Waals surface area contributed by atoms with E-state index in [0.717, 1.165) is 18.4 Å². The summed E-state index contributed by atoms with van der Waals surface area (Å²) in [4.78, 5) is 14.2. The Kier molecular flexibility index (Phi) is 3.34. The molecule has 2 saturated heterocycles. The van der Waals surface area contributed by atoms with Gasteiger partial charge < -0.3 is 5.32 Å². The van der Waals surface area contributed by atoms with Crippen LogP contribution in [0.1, 0.15) is 30.7 Å². The van der Waals surface area contributed by atoms with Crippen LogP contribution >= 0.6 is 0 Å². The predicted molar refractivity (Wildman–Crippen MR) is 83.6 cm³/mol. The van der Waals surface area contributed by atoms with Gasteiger partial charge in [-0.1, -0.05) is 0 Å². The topological polar surface area (TPSA) is 68.1 Å². The molecule has 3 atom stereocenters. The maximum atomic E-state index is 14.1. The first kappa shape index (κ1) is 14.3. The molecule has 2 bridgehead atoms. The fourth-order valence-corrected chi connectivity index (χ4v) is 3.82. The maximum Gasteiger partial charge on any atom is 0.269 e. The number of nitro groups is 1. The molecule has 0 unspecified atom stereocenters. The second-order valence-corrected chi connectivity index (χ2v) is 6.30. The van der Waals surface area contributed by atoms with E-state index in [1.165, 1.54) is 18.6 Å². The molecule has 118 valence electrons. The van der Waals surface area contributed by atoms with Gasteiger partial charge in [0.15, 0.2) is 0 Å². The highest BCUT2D eigenvalue weighted by atomic mass is 19.1. The molecule has 1 aromatic carbocycles. The fourth-order valence-electron chi connectivity index (χ4n) is 3.82. The Labute approximate surface area is 132 Å². The lowest BCUT2D eigenvalue weighted by molar-refractivity contribution is -0.384. The quantitative estimate of drug-likeness (QED) is 0.536. The predicted octanol–water partition coefficient (Wildman–Crippen LogP) is 3.40. The number of nitro benzene ring substituents is 1. The van der Waals surface area contributed by atoms with Gasteiger partial charge in [0.1, 0.15) is 0 Å². The third kappa shape index (κ3) is 2.49. The van der Waals surface area contributed by atoms with Gasteiger partial charge in [0, 0.05) is 41.9 Å². The summed E-state index contributed by atoms with van der Waals surface area (Å²) in [5.41, 5.74) is 2.05. The van der Waals surface area contributed by atoms with Gasteiger partial charge in [-0.05, 0) is 48.6 Å². The standard InChI is InChI=1S/C17H16FN3O2/c18-17-15(10-1-4-13(5-2-10)21(22)23)7-11(9-19-17)14-8-12-3-6-16(14)20-12/h1-2,4-5,7,9,12,14,16,20H,3,6,8H2/t12-,14+,16+/m0/s1. The smallest absolute Gasteiger partial charge is 0.269 e. The van der Waals surface area contributed by atoms with Gasteiger partial charge in [-0.2, -0.15) is 4.39 Å². The molecule has 1 aromatic heterocycles. The van der Waals surface area contributed by atoms with Crippen molar-refractivity contribution in [3.63, 3.8) is 0 Å². The lowest BCUT2D eigenvalue weighted by Crippen LogP contribution is -2.21. The number of halogens is 1. The Morgan fingerprint density at radius 2 is 2.04 bits per heavy atom. The van der Waals surface area contributed by atoms with E-state index in [2.05, 4.69) is 10.3 Å². The van der Waals surface area contributed by atoms with Crippen LogP contribution in [0, 0.1) is 16.1 Å². The van der Waals surface area contributed by atoms with Gasteiger partial charge in [0.2, 0.25) is 5.95 Å². The van der Waals surface area contributed by atoms with E-state index in [1.54, 1.807) is 18.3 Å². The number of aromatic nitrogens is 1. The molecule has 2 aromatic rings. The summed E-state index contributed by atoms with van der Waals surface area (Å²) < 4.78 is 14.1. The zero-order chi connectivity index (χ0) is 16.0. The van der Waals surface area contributed by atoms with Crippen molar-refractivity contribution in [2.45, 2.75) is 37.3 Å². The molecule has 2 aliphatic heterocycles. The summed E-state index contributed by atoms with van der Waals surface area (Å²) in [5, 5.41) is 14.3. The number of rotatable bonds is 3. The highest BCUT2D eigenvalue weighted by Crippen LogP contribution is 2.40. The van der Waals surface area contributed by atoms with E-state index >= 15 is 0 Å². The van der Waals surface area contributed by atoms with E-state index < -0.39 is 10.9 Å². The van der Waals surface area contributed by atoms with Gasteiger partial charge in [0.05, 0.1) is 4.92 Å². The highest BCUT2D eigenvalue weighted by molar-refractivity contribution is 5.65. The number of nitrogens with one attached hydrogen (secondary N) is 1. The lowest BCUT2D eigenvalue weighted by Gasteiger charge is -2.20. The Balaban J connectivity index is 1.68. The van der Waals surface area contributed by atoms with Crippen molar-refractivity contribution in [1.82, 2.24) is 10.3 Å². The molecule has 4 rings (SSSR count). The monoisotopic (exact) mass is 313 g/mol. The number of hydrogen-bond donors (Lipinski definition) is 1. The molecule has 5 nitrogen and oxygen atoms in total. The molecule has 3 heterocycles. The summed E-state index contributed by atoms with van der Waals surface area (Å²) in [6.45, 7) is 0. The van der Waals surface area contributed by atoms with Crippen molar-refractivity contribution in [2.24, 2.45) is 0 Å². The minimum Gasteiger partial charge on any atom is -0.311 e. The van der Waals surface area contributed by atoms with E-state index in [9.17, 15) is 14.5 Å². The van der Waals surface area contributed by atoms with Crippen LogP contribution in [0.2, 0.25) is 0 Å². The number of non-ortho nitro benzene ring substituents is 1. The molecule has 0 radical (unpaired) electrons. The van der Waals surface area contributed by atoms with Gasteiger partial charge in [-0.3, -0.25) is 10.1 Å². The molecule has 1 N–H and O–H groups in total. The Bertz CT molecular complexity index is 763. The maximum absolute atomic E-state index is 14.1. The Hall–Kier alpha value is -2.34. The van der Waals surface area contributed by atoms with Crippen molar-refractivity contribution in [2.75, 3.05) is 0 Å². The number of hydrogen-bond acceptors (Lipinski definition) is 4. The minimum atomic E-state index is -0.543. The average molecular weight is 313 g/mol. The van der Waals surface area contributed by atoms with Crippen LogP contribution in [0.25, 0.3) is 11.1 Å². The minimum absolute atomic E-state index is 0.00410. The van der Waals surface area contributed by atoms with Gasteiger partial charge >= 0.3 is 0 Å². The zero-order valence-electron chi connectivity index (χ0n) is 12.4. The first-order chi connectivity index (χ1) is 11.1. The third-order valence-electron chi connectivity index (χ3n) is 4.98. The summed E-state index contributed by atoms with van der Waals surface area (Å²) in [6.07, 6.45) is 5.06. The first-order valence-corrected chi connectivity index (χ1v) is 7.78. The third-order valence-corrected chi connectivity index (χ3v) is 4.98. The van der Waals surface area contributed by atoms with Crippen molar-refractivity contribution >= 4 is 5.69 Å². The average Bonchev–Trinajstić information content (AvgIpc) is 3.18. The first-order valence-electron chi connectivity index (χ1n) is 7.78. The molecule has 0 amide bonds. The number of nitrogens with zero attached hydrogens (tertiary/aromatic N) is 2. The number of fused-ring (bicyclic) bond motifs is 2. The van der Waals surface area contributed by atoms with Crippen LogP contribution in [-0.4, -0.2) is 22.0 Å². The fraction of sp³-hybridized carbons (Fsp3) is 0.353. The Morgan fingerprint density at radius 1 is 1.26 bits per heavy atom. The second-order valence-electron chi connectivity index (χ2n) is 6.30. The van der Waals surface area contributed by atoms with E-state index in [4.69, 9.17) is 0 Å². The van der Waals surface area contributed by atoms with Crippen LogP contribution in [-0.2, 0) is 0 Å². The molecular formula is C17H16FN3O2. The lowest BCUT2D eigenvalue weighted by atomic mass is 9.84. The zero-order valence-corrected chi connectivity index (χ0v) is 12.4. The summed E-state index contributed by atoms with van der Waals surface area (Å²) in [5.74, 6) is -0.169. The van der Waals surface area contributed by atoms with Crippen LogP contribution in [0.4, 0.5) is 10.1 Å².